The van der Waals surface area contributed by atoms with Crippen molar-refractivity contribution in [2.45, 2.75) is 33.1 Å². The van der Waals surface area contributed by atoms with Gasteiger partial charge in [-0.1, -0.05) is 32.0 Å². The summed E-state index contributed by atoms with van der Waals surface area (Å²) >= 11 is 0. The Bertz CT molecular complexity index is 580. The SMILES string of the molecule is Cc1cc(-c2cc(N)no2)c(O)c(C(C)(C)C)c1. The van der Waals surface area contributed by atoms with Crippen LogP contribution in [0.2, 0.25) is 0 Å². The number of nitrogens with zero attached hydrogens (tertiary/aromatic N) is 1. The summed E-state index contributed by atoms with van der Waals surface area (Å²) in [4.78, 5) is 0. The van der Waals surface area contributed by atoms with E-state index in [1.165, 1.54) is 0 Å². The number of nitrogen functional groups attached to an aromatic ring is 1. The summed E-state index contributed by atoms with van der Waals surface area (Å²) < 4.78 is 5.12. The van der Waals surface area contributed by atoms with Crippen LogP contribution in [0, 0.1) is 6.92 Å². The van der Waals surface area contributed by atoms with Gasteiger partial charge in [0.1, 0.15) is 5.75 Å². The summed E-state index contributed by atoms with van der Waals surface area (Å²) in [5, 5.41) is 14.0. The Labute approximate surface area is 106 Å². The van der Waals surface area contributed by atoms with Gasteiger partial charge >= 0.3 is 0 Å². The van der Waals surface area contributed by atoms with Gasteiger partial charge < -0.3 is 15.4 Å². The molecule has 0 saturated heterocycles. The molecule has 2 rings (SSSR count). The monoisotopic (exact) mass is 246 g/mol. The second-order valence-corrected chi connectivity index (χ2v) is 5.57. The Balaban J connectivity index is 2.66. The van der Waals surface area contributed by atoms with Gasteiger partial charge in [0, 0.05) is 11.6 Å². The van der Waals surface area contributed by atoms with E-state index >= 15 is 0 Å². The van der Waals surface area contributed by atoms with Crippen molar-refractivity contribution in [3.8, 4) is 17.1 Å². The Morgan fingerprint density at radius 2 is 1.89 bits per heavy atom. The average Bonchev–Trinajstić information content (AvgIpc) is 2.66. The minimum atomic E-state index is -0.142. The van der Waals surface area contributed by atoms with Crippen LogP contribution in [0.4, 0.5) is 5.82 Å². The van der Waals surface area contributed by atoms with E-state index in [0.29, 0.717) is 17.1 Å². The first-order chi connectivity index (χ1) is 8.29. The maximum atomic E-state index is 10.4. The fourth-order valence-corrected chi connectivity index (χ4v) is 1.95. The van der Waals surface area contributed by atoms with Gasteiger partial charge in [0.15, 0.2) is 11.6 Å². The average molecular weight is 246 g/mol. The topological polar surface area (TPSA) is 72.3 Å². The summed E-state index contributed by atoms with van der Waals surface area (Å²) in [5.41, 5.74) is 7.97. The number of phenols is 1. The van der Waals surface area contributed by atoms with Crippen molar-refractivity contribution in [3.63, 3.8) is 0 Å². The molecule has 3 N–H and O–H groups in total. The second kappa shape index (κ2) is 4.05. The fraction of sp³-hybridized carbons (Fsp3) is 0.357. The lowest BCUT2D eigenvalue weighted by Gasteiger charge is -2.22. The molecule has 96 valence electrons. The summed E-state index contributed by atoms with van der Waals surface area (Å²) in [6.07, 6.45) is 0. The lowest BCUT2D eigenvalue weighted by atomic mass is 9.84. The summed E-state index contributed by atoms with van der Waals surface area (Å²) in [7, 11) is 0. The molecular weight excluding hydrogens is 228 g/mol. The van der Waals surface area contributed by atoms with Gasteiger partial charge in [-0.3, -0.25) is 0 Å². The summed E-state index contributed by atoms with van der Waals surface area (Å²) in [6, 6.07) is 5.46. The molecule has 0 fully saturated rings. The van der Waals surface area contributed by atoms with Gasteiger partial charge in [0.25, 0.3) is 0 Å². The van der Waals surface area contributed by atoms with E-state index in [4.69, 9.17) is 10.3 Å². The first kappa shape index (κ1) is 12.5. The Morgan fingerprint density at radius 3 is 2.39 bits per heavy atom. The Kier molecular flexibility index (Phi) is 2.81. The van der Waals surface area contributed by atoms with E-state index in [1.807, 2.05) is 19.1 Å². The molecule has 0 saturated carbocycles. The Hall–Kier alpha value is -1.97. The minimum absolute atomic E-state index is 0.142. The van der Waals surface area contributed by atoms with E-state index < -0.39 is 0 Å². The molecule has 0 atom stereocenters. The number of aryl methyl sites for hydroxylation is 1. The lowest BCUT2D eigenvalue weighted by Crippen LogP contribution is -2.12. The molecule has 0 aliphatic carbocycles. The van der Waals surface area contributed by atoms with Gasteiger partial charge in [-0.05, 0) is 24.0 Å². The molecule has 0 aliphatic rings. The first-order valence-corrected chi connectivity index (χ1v) is 5.85. The van der Waals surface area contributed by atoms with Crippen molar-refractivity contribution in [1.82, 2.24) is 5.16 Å². The van der Waals surface area contributed by atoms with Gasteiger partial charge in [-0.25, -0.2) is 0 Å². The molecule has 0 spiro atoms. The first-order valence-electron chi connectivity index (χ1n) is 5.85. The number of aromatic nitrogens is 1. The van der Waals surface area contributed by atoms with E-state index in [0.717, 1.165) is 11.1 Å². The molecule has 4 nitrogen and oxygen atoms in total. The Morgan fingerprint density at radius 1 is 1.22 bits per heavy atom. The number of hydrogen-bond donors (Lipinski definition) is 2. The maximum absolute atomic E-state index is 10.4. The highest BCUT2D eigenvalue weighted by molar-refractivity contribution is 5.70. The van der Waals surface area contributed by atoms with Crippen molar-refractivity contribution in [2.75, 3.05) is 5.73 Å². The molecule has 0 unspecified atom stereocenters. The zero-order valence-electron chi connectivity index (χ0n) is 11.1. The number of phenolic OH excluding ortho intramolecular Hbond substituents is 1. The minimum Gasteiger partial charge on any atom is -0.507 e. The van der Waals surface area contributed by atoms with Crippen molar-refractivity contribution < 1.29 is 9.63 Å². The number of anilines is 1. The van der Waals surface area contributed by atoms with Crippen LogP contribution >= 0.6 is 0 Å². The largest absolute Gasteiger partial charge is 0.507 e. The number of nitrogens with two attached hydrogens (primary N) is 1. The molecule has 0 aliphatic heterocycles. The maximum Gasteiger partial charge on any atom is 0.172 e. The lowest BCUT2D eigenvalue weighted by molar-refractivity contribution is 0.423. The highest BCUT2D eigenvalue weighted by atomic mass is 16.5. The van der Waals surface area contributed by atoms with Gasteiger partial charge in [-0.15, -0.1) is 0 Å². The standard InChI is InChI=1S/C14H18N2O2/c1-8-5-9(11-7-12(15)16-18-11)13(17)10(6-8)14(2,3)4/h5-7,17H,1-4H3,(H2,15,16). The van der Waals surface area contributed by atoms with Crippen LogP contribution in [0.5, 0.6) is 5.75 Å². The zero-order chi connectivity index (χ0) is 13.5. The van der Waals surface area contributed by atoms with Crippen molar-refractivity contribution in [1.29, 1.82) is 0 Å². The molecular formula is C14H18N2O2. The predicted molar refractivity (Wildman–Crippen MR) is 71.5 cm³/mol. The summed E-state index contributed by atoms with van der Waals surface area (Å²) in [6.45, 7) is 8.15. The summed E-state index contributed by atoms with van der Waals surface area (Å²) in [5.74, 6) is 1.02. The van der Waals surface area contributed by atoms with Gasteiger partial charge in [0.05, 0.1) is 5.56 Å². The predicted octanol–water partition coefficient (Wildman–Crippen LogP) is 3.24. The van der Waals surface area contributed by atoms with Crippen LogP contribution < -0.4 is 5.73 Å². The van der Waals surface area contributed by atoms with Crippen LogP contribution in [0.1, 0.15) is 31.9 Å². The molecule has 0 bridgehead atoms. The van der Waals surface area contributed by atoms with Crippen LogP contribution in [0.15, 0.2) is 22.7 Å². The third-order valence-corrected chi connectivity index (χ3v) is 2.86. The van der Waals surface area contributed by atoms with E-state index in [2.05, 4.69) is 25.9 Å². The smallest absolute Gasteiger partial charge is 0.172 e. The number of aromatic hydroxyl groups is 1. The number of rotatable bonds is 1. The molecule has 0 radical (unpaired) electrons. The van der Waals surface area contributed by atoms with Crippen LogP contribution in [0.3, 0.4) is 0 Å². The van der Waals surface area contributed by atoms with Crippen molar-refractivity contribution in [3.05, 3.63) is 29.3 Å². The molecule has 0 amide bonds. The van der Waals surface area contributed by atoms with Crippen LogP contribution in [-0.4, -0.2) is 10.3 Å². The highest BCUT2D eigenvalue weighted by Crippen LogP contribution is 2.39. The van der Waals surface area contributed by atoms with Gasteiger partial charge in [-0.2, -0.15) is 0 Å². The normalized spacial score (nSPS) is 11.8. The van der Waals surface area contributed by atoms with Crippen molar-refractivity contribution in [2.24, 2.45) is 0 Å². The van der Waals surface area contributed by atoms with Crippen LogP contribution in [-0.2, 0) is 5.41 Å². The zero-order valence-corrected chi connectivity index (χ0v) is 11.1. The third-order valence-electron chi connectivity index (χ3n) is 2.86. The molecule has 18 heavy (non-hydrogen) atoms. The molecule has 2 aromatic rings. The van der Waals surface area contributed by atoms with Crippen LogP contribution in [0.25, 0.3) is 11.3 Å². The third kappa shape index (κ3) is 2.18. The highest BCUT2D eigenvalue weighted by Gasteiger charge is 2.22. The van der Waals surface area contributed by atoms with E-state index in [1.54, 1.807) is 6.07 Å². The van der Waals surface area contributed by atoms with E-state index in [9.17, 15) is 5.11 Å². The second-order valence-electron chi connectivity index (χ2n) is 5.57. The van der Waals surface area contributed by atoms with E-state index in [-0.39, 0.29) is 11.2 Å². The molecule has 1 aromatic heterocycles. The number of hydrogen-bond acceptors (Lipinski definition) is 4. The fourth-order valence-electron chi connectivity index (χ4n) is 1.95. The molecule has 1 heterocycles. The number of benzene rings is 1. The molecule has 4 heteroatoms. The quantitative estimate of drug-likeness (QED) is 0.810. The van der Waals surface area contributed by atoms with Crippen molar-refractivity contribution >= 4 is 5.82 Å². The molecule has 1 aromatic carbocycles. The van der Waals surface area contributed by atoms with Gasteiger partial charge in [0.2, 0.25) is 0 Å².